The number of carbonyl (C=O) groups is 2. The molecule has 0 aliphatic heterocycles. The Kier molecular flexibility index (Phi) is 4.71. The van der Waals surface area contributed by atoms with Gasteiger partial charge in [0.15, 0.2) is 17.5 Å². The van der Waals surface area contributed by atoms with E-state index in [0.717, 1.165) is 0 Å². The third-order valence-electron chi connectivity index (χ3n) is 3.89. The third kappa shape index (κ3) is 3.28. The standard InChI is InChI=1S/C19H15F2NO4/c1-10-12-6-5-8-14(21)17(12)26-16(10)19(24)25-11(2)18(23)22-15-9-4-3-7-13(15)20/h3-9,11H,1-2H3,(H,22,23). The van der Waals surface area contributed by atoms with E-state index in [4.69, 9.17) is 9.15 Å². The average Bonchev–Trinajstić information content (AvgIpc) is 2.95. The van der Waals surface area contributed by atoms with E-state index in [-0.39, 0.29) is 17.0 Å². The number of anilines is 1. The van der Waals surface area contributed by atoms with Crippen LogP contribution in [0.25, 0.3) is 11.0 Å². The molecule has 1 heterocycles. The lowest BCUT2D eigenvalue weighted by Gasteiger charge is -2.13. The fraction of sp³-hybridized carbons (Fsp3) is 0.158. The van der Waals surface area contributed by atoms with Gasteiger partial charge in [0, 0.05) is 10.9 Å². The van der Waals surface area contributed by atoms with Crippen LogP contribution in [0.3, 0.4) is 0 Å². The lowest BCUT2D eigenvalue weighted by Crippen LogP contribution is -2.30. The normalized spacial score (nSPS) is 12.0. The Balaban J connectivity index is 1.75. The molecule has 0 spiro atoms. The largest absolute Gasteiger partial charge is 0.447 e. The van der Waals surface area contributed by atoms with E-state index in [1.807, 2.05) is 0 Å². The van der Waals surface area contributed by atoms with Crippen LogP contribution in [0.1, 0.15) is 23.0 Å². The second kappa shape index (κ2) is 6.95. The predicted octanol–water partition coefficient (Wildman–Crippen LogP) is 4.20. The molecule has 0 saturated heterocycles. The number of ether oxygens (including phenoxy) is 1. The Labute approximate surface area is 147 Å². The van der Waals surface area contributed by atoms with Gasteiger partial charge in [-0.1, -0.05) is 24.3 Å². The van der Waals surface area contributed by atoms with Crippen molar-refractivity contribution in [2.45, 2.75) is 20.0 Å². The van der Waals surface area contributed by atoms with E-state index in [9.17, 15) is 18.4 Å². The molecule has 1 N–H and O–H groups in total. The van der Waals surface area contributed by atoms with E-state index in [2.05, 4.69) is 5.32 Å². The molecule has 1 atom stereocenters. The van der Waals surface area contributed by atoms with Gasteiger partial charge in [-0.25, -0.2) is 13.6 Å². The molecule has 134 valence electrons. The van der Waals surface area contributed by atoms with Crippen LogP contribution in [-0.4, -0.2) is 18.0 Å². The summed E-state index contributed by atoms with van der Waals surface area (Å²) in [5.74, 6) is -3.01. The summed E-state index contributed by atoms with van der Waals surface area (Å²) >= 11 is 0. The zero-order valence-corrected chi connectivity index (χ0v) is 14.0. The molecule has 0 bridgehead atoms. The van der Waals surface area contributed by atoms with Crippen molar-refractivity contribution >= 4 is 28.5 Å². The number of aryl methyl sites for hydroxylation is 1. The summed E-state index contributed by atoms with van der Waals surface area (Å²) in [4.78, 5) is 24.4. The molecule has 1 aromatic heterocycles. The fourth-order valence-electron chi connectivity index (χ4n) is 2.47. The van der Waals surface area contributed by atoms with Gasteiger partial charge in [0.1, 0.15) is 5.82 Å². The van der Waals surface area contributed by atoms with Gasteiger partial charge in [0.25, 0.3) is 5.91 Å². The molecule has 3 aromatic rings. The minimum atomic E-state index is -1.21. The Hall–Kier alpha value is -3.22. The van der Waals surface area contributed by atoms with Crippen molar-refractivity contribution in [1.82, 2.24) is 0 Å². The molecule has 1 amide bonds. The first-order valence-corrected chi connectivity index (χ1v) is 7.82. The highest BCUT2D eigenvalue weighted by molar-refractivity contribution is 5.99. The number of amides is 1. The number of hydrogen-bond acceptors (Lipinski definition) is 4. The van der Waals surface area contributed by atoms with Gasteiger partial charge >= 0.3 is 5.97 Å². The summed E-state index contributed by atoms with van der Waals surface area (Å²) in [5.41, 5.74) is 0.328. The average molecular weight is 359 g/mol. The van der Waals surface area contributed by atoms with E-state index >= 15 is 0 Å². The highest BCUT2D eigenvalue weighted by atomic mass is 19.1. The number of rotatable bonds is 4. The molecule has 0 radical (unpaired) electrons. The Morgan fingerprint density at radius 2 is 1.77 bits per heavy atom. The summed E-state index contributed by atoms with van der Waals surface area (Å²) in [6.07, 6.45) is -1.21. The van der Waals surface area contributed by atoms with Crippen molar-refractivity contribution in [2.75, 3.05) is 5.32 Å². The molecule has 2 aromatic carbocycles. The molecule has 3 rings (SSSR count). The van der Waals surface area contributed by atoms with Gasteiger partial charge in [-0.15, -0.1) is 0 Å². The summed E-state index contributed by atoms with van der Waals surface area (Å²) in [7, 11) is 0. The van der Waals surface area contributed by atoms with E-state index in [1.54, 1.807) is 19.1 Å². The Morgan fingerprint density at radius 3 is 2.46 bits per heavy atom. The summed E-state index contributed by atoms with van der Waals surface area (Å²) in [6, 6.07) is 9.94. The van der Waals surface area contributed by atoms with Gasteiger partial charge in [-0.3, -0.25) is 4.79 Å². The smallest absolute Gasteiger partial charge is 0.375 e. The lowest BCUT2D eigenvalue weighted by atomic mass is 10.1. The van der Waals surface area contributed by atoms with Gasteiger partial charge in [-0.2, -0.15) is 0 Å². The zero-order valence-electron chi connectivity index (χ0n) is 14.0. The van der Waals surface area contributed by atoms with Crippen molar-refractivity contribution in [1.29, 1.82) is 0 Å². The van der Waals surface area contributed by atoms with Crippen LogP contribution in [-0.2, 0) is 9.53 Å². The van der Waals surface area contributed by atoms with Crippen LogP contribution in [0.4, 0.5) is 14.5 Å². The van der Waals surface area contributed by atoms with E-state index < -0.39 is 29.6 Å². The summed E-state index contributed by atoms with van der Waals surface area (Å²) in [5, 5.41) is 2.78. The molecule has 7 heteroatoms. The Bertz CT molecular complexity index is 996. The fourth-order valence-corrected chi connectivity index (χ4v) is 2.47. The lowest BCUT2D eigenvalue weighted by molar-refractivity contribution is -0.123. The minimum absolute atomic E-state index is 0.0256. The molecule has 0 fully saturated rings. The Morgan fingerprint density at radius 1 is 1.08 bits per heavy atom. The van der Waals surface area contributed by atoms with Crippen molar-refractivity contribution in [3.8, 4) is 0 Å². The first kappa shape index (κ1) is 17.6. The second-order valence-electron chi connectivity index (χ2n) is 5.69. The molecule has 0 saturated carbocycles. The van der Waals surface area contributed by atoms with Crippen molar-refractivity contribution in [3.05, 3.63) is 65.4 Å². The van der Waals surface area contributed by atoms with Crippen LogP contribution < -0.4 is 5.32 Å². The van der Waals surface area contributed by atoms with Crippen molar-refractivity contribution in [2.24, 2.45) is 0 Å². The summed E-state index contributed by atoms with van der Waals surface area (Å²) in [6.45, 7) is 2.93. The molecule has 5 nitrogen and oxygen atoms in total. The number of para-hydroxylation sites is 2. The van der Waals surface area contributed by atoms with Crippen LogP contribution in [0, 0.1) is 18.6 Å². The maximum Gasteiger partial charge on any atom is 0.375 e. The maximum absolute atomic E-state index is 13.8. The highest BCUT2D eigenvalue weighted by Crippen LogP contribution is 2.28. The van der Waals surface area contributed by atoms with Crippen molar-refractivity contribution in [3.63, 3.8) is 0 Å². The first-order chi connectivity index (χ1) is 12.4. The van der Waals surface area contributed by atoms with Gasteiger partial charge in [0.05, 0.1) is 5.69 Å². The third-order valence-corrected chi connectivity index (χ3v) is 3.89. The van der Waals surface area contributed by atoms with E-state index in [1.165, 1.54) is 37.3 Å². The number of carbonyl (C=O) groups excluding carboxylic acids is 2. The monoisotopic (exact) mass is 359 g/mol. The number of fused-ring (bicyclic) bond motifs is 1. The van der Waals surface area contributed by atoms with Gasteiger partial charge < -0.3 is 14.5 Å². The van der Waals surface area contributed by atoms with Crippen LogP contribution in [0.15, 0.2) is 46.9 Å². The molecule has 26 heavy (non-hydrogen) atoms. The first-order valence-electron chi connectivity index (χ1n) is 7.82. The number of benzene rings is 2. The minimum Gasteiger partial charge on any atom is -0.447 e. The van der Waals surface area contributed by atoms with Crippen LogP contribution in [0.2, 0.25) is 0 Å². The molecule has 0 aliphatic carbocycles. The number of hydrogen-bond donors (Lipinski definition) is 1. The summed E-state index contributed by atoms with van der Waals surface area (Å²) < 4.78 is 37.7. The predicted molar refractivity (Wildman–Crippen MR) is 90.8 cm³/mol. The molecular weight excluding hydrogens is 344 g/mol. The zero-order chi connectivity index (χ0) is 18.8. The van der Waals surface area contributed by atoms with Gasteiger partial charge in [0.2, 0.25) is 5.76 Å². The topological polar surface area (TPSA) is 68.5 Å². The SMILES string of the molecule is Cc1c(C(=O)OC(C)C(=O)Nc2ccccc2F)oc2c(F)cccc12. The number of esters is 1. The quantitative estimate of drug-likeness (QED) is 0.709. The van der Waals surface area contributed by atoms with E-state index in [0.29, 0.717) is 10.9 Å². The maximum atomic E-state index is 13.8. The number of nitrogens with one attached hydrogen (secondary N) is 1. The molecular formula is C19H15F2NO4. The number of halogens is 2. The number of furan rings is 1. The second-order valence-corrected chi connectivity index (χ2v) is 5.69. The molecule has 0 aliphatic rings. The van der Waals surface area contributed by atoms with Crippen LogP contribution in [0.5, 0.6) is 0 Å². The van der Waals surface area contributed by atoms with Crippen LogP contribution >= 0.6 is 0 Å². The highest BCUT2D eigenvalue weighted by Gasteiger charge is 2.25. The molecule has 1 unspecified atom stereocenters. The van der Waals surface area contributed by atoms with Crippen molar-refractivity contribution < 1.29 is 27.5 Å². The van der Waals surface area contributed by atoms with Gasteiger partial charge in [-0.05, 0) is 32.0 Å².